The fourth-order valence-electron chi connectivity index (χ4n) is 1.99. The molecular formula is C14H18N2O3. The highest BCUT2D eigenvalue weighted by Gasteiger charge is 2.12. The van der Waals surface area contributed by atoms with Crippen LogP contribution >= 0.6 is 0 Å². The molecule has 0 saturated carbocycles. The Hall–Kier alpha value is -1.88. The van der Waals surface area contributed by atoms with Crippen molar-refractivity contribution in [2.45, 2.75) is 19.9 Å². The smallest absolute Gasteiger partial charge is 0.326 e. The van der Waals surface area contributed by atoms with E-state index in [4.69, 9.17) is 9.47 Å². The number of carbonyl (C=O) groups excluding carboxylic acids is 1. The van der Waals surface area contributed by atoms with Gasteiger partial charge in [-0.1, -0.05) is 19.1 Å². The zero-order valence-corrected chi connectivity index (χ0v) is 11.3. The number of nitrogens with zero attached hydrogens (tertiary/aromatic N) is 2. The van der Waals surface area contributed by atoms with E-state index >= 15 is 0 Å². The van der Waals surface area contributed by atoms with Crippen molar-refractivity contribution in [3.8, 4) is 0 Å². The molecule has 1 heterocycles. The highest BCUT2D eigenvalue weighted by atomic mass is 16.6. The fraction of sp³-hybridized carbons (Fsp3) is 0.429. The van der Waals surface area contributed by atoms with Gasteiger partial charge >= 0.3 is 5.97 Å². The molecule has 0 spiro atoms. The van der Waals surface area contributed by atoms with E-state index in [9.17, 15) is 4.79 Å². The highest BCUT2D eigenvalue weighted by molar-refractivity contribution is 5.78. The maximum absolute atomic E-state index is 11.8. The van der Waals surface area contributed by atoms with E-state index in [0.29, 0.717) is 6.61 Å². The standard InChI is InChI=1S/C14H18N2O3/c1-3-13-15-11-6-4-5-7-12(11)16(13)10-14(17)19-9-8-18-2/h4-7H,3,8-10H2,1-2H3. The molecule has 0 atom stereocenters. The first-order valence-electron chi connectivity index (χ1n) is 6.35. The molecule has 0 N–H and O–H groups in total. The molecule has 5 heteroatoms. The summed E-state index contributed by atoms with van der Waals surface area (Å²) in [6.45, 7) is 2.90. The van der Waals surface area contributed by atoms with Crippen LogP contribution in [0, 0.1) is 0 Å². The van der Waals surface area contributed by atoms with Gasteiger partial charge in [0.1, 0.15) is 19.0 Å². The predicted octanol–water partition coefficient (Wildman–Crippen LogP) is 1.79. The number of aryl methyl sites for hydroxylation is 1. The Labute approximate surface area is 112 Å². The van der Waals surface area contributed by atoms with E-state index in [1.54, 1.807) is 7.11 Å². The zero-order valence-electron chi connectivity index (χ0n) is 11.3. The van der Waals surface area contributed by atoms with Crippen molar-refractivity contribution < 1.29 is 14.3 Å². The topological polar surface area (TPSA) is 53.4 Å². The molecule has 19 heavy (non-hydrogen) atoms. The summed E-state index contributed by atoms with van der Waals surface area (Å²) in [5, 5.41) is 0. The van der Waals surface area contributed by atoms with Crippen molar-refractivity contribution in [3.05, 3.63) is 30.1 Å². The van der Waals surface area contributed by atoms with Gasteiger partial charge in [-0.15, -0.1) is 0 Å². The first-order valence-corrected chi connectivity index (χ1v) is 6.35. The number of carbonyl (C=O) groups is 1. The number of hydrogen-bond donors (Lipinski definition) is 0. The summed E-state index contributed by atoms with van der Waals surface area (Å²) in [6, 6.07) is 7.79. The minimum absolute atomic E-state index is 0.188. The molecule has 2 aromatic rings. The number of rotatable bonds is 6. The molecule has 0 aliphatic carbocycles. The molecule has 1 aromatic heterocycles. The van der Waals surface area contributed by atoms with Crippen LogP contribution in [0.1, 0.15) is 12.7 Å². The number of benzene rings is 1. The second-order valence-corrected chi connectivity index (χ2v) is 4.17. The van der Waals surface area contributed by atoms with Crippen LogP contribution in [0.3, 0.4) is 0 Å². The molecule has 1 aromatic carbocycles. The van der Waals surface area contributed by atoms with Crippen molar-refractivity contribution >= 4 is 17.0 Å². The van der Waals surface area contributed by atoms with Gasteiger partial charge in [0, 0.05) is 13.5 Å². The van der Waals surface area contributed by atoms with Gasteiger partial charge in [0.25, 0.3) is 0 Å². The maximum atomic E-state index is 11.8. The predicted molar refractivity (Wildman–Crippen MR) is 71.9 cm³/mol. The molecule has 0 amide bonds. The molecule has 0 fully saturated rings. The largest absolute Gasteiger partial charge is 0.462 e. The summed E-state index contributed by atoms with van der Waals surface area (Å²) >= 11 is 0. The van der Waals surface area contributed by atoms with Crippen LogP contribution in [0.4, 0.5) is 0 Å². The average molecular weight is 262 g/mol. The van der Waals surface area contributed by atoms with Crippen LogP contribution in [0.5, 0.6) is 0 Å². The first kappa shape index (κ1) is 13.5. The van der Waals surface area contributed by atoms with Crippen molar-refractivity contribution in [3.63, 3.8) is 0 Å². The van der Waals surface area contributed by atoms with E-state index in [-0.39, 0.29) is 19.1 Å². The molecule has 2 rings (SSSR count). The zero-order chi connectivity index (χ0) is 13.7. The van der Waals surface area contributed by atoms with Crippen LogP contribution in [0.15, 0.2) is 24.3 Å². The molecule has 0 aliphatic heterocycles. The summed E-state index contributed by atoms with van der Waals surface area (Å²) in [6.07, 6.45) is 0.778. The van der Waals surface area contributed by atoms with Gasteiger partial charge in [0.15, 0.2) is 0 Å². The molecule has 0 radical (unpaired) electrons. The van der Waals surface area contributed by atoms with Crippen molar-refractivity contribution in [2.75, 3.05) is 20.3 Å². The van der Waals surface area contributed by atoms with E-state index in [2.05, 4.69) is 4.98 Å². The van der Waals surface area contributed by atoms with E-state index in [1.807, 2.05) is 35.8 Å². The normalized spacial score (nSPS) is 10.8. The molecule has 0 unspecified atom stereocenters. The highest BCUT2D eigenvalue weighted by Crippen LogP contribution is 2.16. The number of para-hydroxylation sites is 2. The number of esters is 1. The van der Waals surface area contributed by atoms with Crippen molar-refractivity contribution in [1.29, 1.82) is 0 Å². The molecule has 0 saturated heterocycles. The Bertz CT molecular complexity index is 563. The Kier molecular flexibility index (Phi) is 4.52. The number of ether oxygens (including phenoxy) is 2. The lowest BCUT2D eigenvalue weighted by Crippen LogP contribution is -2.17. The number of imidazole rings is 1. The number of hydrogen-bond acceptors (Lipinski definition) is 4. The quantitative estimate of drug-likeness (QED) is 0.588. The molecular weight excluding hydrogens is 244 g/mol. The minimum atomic E-state index is -0.269. The van der Waals surface area contributed by atoms with Gasteiger partial charge < -0.3 is 14.0 Å². The van der Waals surface area contributed by atoms with Gasteiger partial charge in [-0.05, 0) is 12.1 Å². The number of fused-ring (bicyclic) bond motifs is 1. The number of methoxy groups -OCH3 is 1. The molecule has 0 bridgehead atoms. The summed E-state index contributed by atoms with van der Waals surface area (Å²) < 4.78 is 11.8. The van der Waals surface area contributed by atoms with E-state index < -0.39 is 0 Å². The fourth-order valence-corrected chi connectivity index (χ4v) is 1.99. The Morgan fingerprint density at radius 3 is 2.84 bits per heavy atom. The third-order valence-corrected chi connectivity index (χ3v) is 2.89. The lowest BCUT2D eigenvalue weighted by Gasteiger charge is -2.08. The Balaban J connectivity index is 2.16. The Morgan fingerprint density at radius 1 is 1.32 bits per heavy atom. The van der Waals surface area contributed by atoms with E-state index in [1.165, 1.54) is 0 Å². The monoisotopic (exact) mass is 262 g/mol. The van der Waals surface area contributed by atoms with Gasteiger partial charge in [0.2, 0.25) is 0 Å². The van der Waals surface area contributed by atoms with Crippen molar-refractivity contribution in [2.24, 2.45) is 0 Å². The minimum Gasteiger partial charge on any atom is -0.462 e. The maximum Gasteiger partial charge on any atom is 0.326 e. The van der Waals surface area contributed by atoms with Gasteiger partial charge in [-0.3, -0.25) is 4.79 Å². The third kappa shape index (κ3) is 3.12. The van der Waals surface area contributed by atoms with Crippen LogP contribution in [-0.4, -0.2) is 35.8 Å². The second-order valence-electron chi connectivity index (χ2n) is 4.17. The molecule has 5 nitrogen and oxygen atoms in total. The summed E-state index contributed by atoms with van der Waals surface area (Å²) in [4.78, 5) is 16.3. The summed E-state index contributed by atoms with van der Waals surface area (Å²) in [5.41, 5.74) is 1.87. The van der Waals surface area contributed by atoms with Crippen LogP contribution in [0.2, 0.25) is 0 Å². The Morgan fingerprint density at radius 2 is 2.11 bits per heavy atom. The lowest BCUT2D eigenvalue weighted by atomic mass is 10.3. The molecule has 102 valence electrons. The van der Waals surface area contributed by atoms with Gasteiger partial charge in [-0.25, -0.2) is 4.98 Å². The van der Waals surface area contributed by atoms with Crippen LogP contribution in [-0.2, 0) is 27.2 Å². The van der Waals surface area contributed by atoms with E-state index in [0.717, 1.165) is 23.3 Å². The number of aromatic nitrogens is 2. The van der Waals surface area contributed by atoms with Crippen molar-refractivity contribution in [1.82, 2.24) is 9.55 Å². The van der Waals surface area contributed by atoms with Gasteiger partial charge in [0.05, 0.1) is 17.6 Å². The van der Waals surface area contributed by atoms with Gasteiger partial charge in [-0.2, -0.15) is 0 Å². The molecule has 0 aliphatic rings. The first-order chi connectivity index (χ1) is 9.26. The summed E-state index contributed by atoms with van der Waals surface area (Å²) in [7, 11) is 1.58. The SMILES string of the molecule is CCc1nc2ccccc2n1CC(=O)OCCOC. The average Bonchev–Trinajstić information content (AvgIpc) is 2.77. The lowest BCUT2D eigenvalue weighted by molar-refractivity contribution is -0.145. The van der Waals surface area contributed by atoms with Crippen LogP contribution in [0.25, 0.3) is 11.0 Å². The second kappa shape index (κ2) is 6.33. The van der Waals surface area contributed by atoms with Crippen LogP contribution < -0.4 is 0 Å². The third-order valence-electron chi connectivity index (χ3n) is 2.89. The summed E-state index contributed by atoms with van der Waals surface area (Å²) in [5.74, 6) is 0.625.